The summed E-state index contributed by atoms with van der Waals surface area (Å²) in [5, 5.41) is 12.6. The van der Waals surface area contributed by atoms with Gasteiger partial charge in [-0.3, -0.25) is 0 Å². The molecule has 0 spiro atoms. The van der Waals surface area contributed by atoms with Crippen LogP contribution in [0.5, 0.6) is 5.75 Å². The Kier molecular flexibility index (Phi) is 5.56. The standard InChI is InChI=1S/C14H11ClN2O.CHNO/c15-14-13(7-4-8-17-14)18-10-12(9-16)11-5-2-1-3-6-11;1-2-3-1/h1-8,12H,10H2;1H. The van der Waals surface area contributed by atoms with Crippen molar-refractivity contribution in [2.24, 2.45) is 5.16 Å². The molecule has 1 aliphatic rings. The van der Waals surface area contributed by atoms with Crippen LogP contribution in [0, 0.1) is 11.3 Å². The van der Waals surface area contributed by atoms with Crippen LogP contribution in [0.15, 0.2) is 53.8 Å². The molecular weight excluding hydrogens is 290 g/mol. The number of oxime groups is 1. The highest BCUT2D eigenvalue weighted by Crippen LogP contribution is 2.23. The molecule has 1 aromatic heterocycles. The highest BCUT2D eigenvalue weighted by molar-refractivity contribution is 6.30. The van der Waals surface area contributed by atoms with Crippen LogP contribution in [0.25, 0.3) is 0 Å². The Labute approximate surface area is 127 Å². The lowest BCUT2D eigenvalue weighted by molar-refractivity contribution is 0.307. The fourth-order valence-corrected chi connectivity index (χ4v) is 1.72. The minimum absolute atomic E-state index is 0.256. The largest absolute Gasteiger partial charge is 0.489 e. The molecule has 5 nitrogen and oxygen atoms in total. The molecule has 3 rings (SSSR count). The third kappa shape index (κ3) is 5.13. The fourth-order valence-electron chi connectivity index (χ4n) is 1.55. The lowest BCUT2D eigenvalue weighted by atomic mass is 10.0. The zero-order chi connectivity index (χ0) is 14.9. The number of aromatic nitrogens is 1. The summed E-state index contributed by atoms with van der Waals surface area (Å²) in [7, 11) is 0. The molecule has 0 fully saturated rings. The Hall–Kier alpha value is -2.58. The van der Waals surface area contributed by atoms with Gasteiger partial charge in [-0.05, 0) is 22.9 Å². The molecule has 0 saturated carbocycles. The molecule has 2 aromatic rings. The minimum atomic E-state index is -0.317. The summed E-state index contributed by atoms with van der Waals surface area (Å²) in [5.41, 5.74) is 0.931. The van der Waals surface area contributed by atoms with Gasteiger partial charge in [0.25, 0.3) is 0 Å². The van der Waals surface area contributed by atoms with Gasteiger partial charge in [0.2, 0.25) is 6.40 Å². The summed E-state index contributed by atoms with van der Waals surface area (Å²) in [5.74, 6) is 0.179. The molecule has 0 saturated heterocycles. The van der Waals surface area contributed by atoms with Gasteiger partial charge in [0.15, 0.2) is 10.9 Å². The van der Waals surface area contributed by atoms with Crippen LogP contribution in [0.3, 0.4) is 0 Å². The second-order valence-electron chi connectivity index (χ2n) is 4.01. The highest BCUT2D eigenvalue weighted by Gasteiger charge is 2.12. The van der Waals surface area contributed by atoms with Crippen molar-refractivity contribution in [2.75, 3.05) is 6.61 Å². The average molecular weight is 302 g/mol. The molecule has 0 radical (unpaired) electrons. The maximum absolute atomic E-state index is 9.15. The lowest BCUT2D eigenvalue weighted by Gasteiger charge is -2.11. The van der Waals surface area contributed by atoms with Crippen LogP contribution in [0.4, 0.5) is 0 Å². The molecule has 21 heavy (non-hydrogen) atoms. The van der Waals surface area contributed by atoms with Gasteiger partial charge in [0, 0.05) is 6.20 Å². The Morgan fingerprint density at radius 2 is 1.95 bits per heavy atom. The number of nitriles is 1. The second kappa shape index (κ2) is 7.88. The molecular formula is C15H12ClN3O2. The molecule has 106 valence electrons. The topological polar surface area (TPSA) is 70.8 Å². The Morgan fingerprint density at radius 3 is 2.52 bits per heavy atom. The van der Waals surface area contributed by atoms with E-state index in [4.69, 9.17) is 21.6 Å². The van der Waals surface area contributed by atoms with Crippen molar-refractivity contribution < 1.29 is 9.57 Å². The maximum Gasteiger partial charge on any atom is 0.249 e. The van der Waals surface area contributed by atoms with Gasteiger partial charge >= 0.3 is 0 Å². The summed E-state index contributed by atoms with van der Waals surface area (Å²) in [6.45, 7) is 0.256. The van der Waals surface area contributed by atoms with Crippen molar-refractivity contribution in [1.29, 1.82) is 5.26 Å². The van der Waals surface area contributed by atoms with E-state index in [0.717, 1.165) is 5.56 Å². The number of benzene rings is 1. The fraction of sp³-hybridized carbons (Fsp3) is 0.133. The molecule has 0 aliphatic carbocycles. The minimum Gasteiger partial charge on any atom is -0.489 e. The van der Waals surface area contributed by atoms with Crippen LogP contribution in [0.1, 0.15) is 11.5 Å². The van der Waals surface area contributed by atoms with E-state index in [9.17, 15) is 0 Å². The van der Waals surface area contributed by atoms with Crippen molar-refractivity contribution >= 4 is 18.0 Å². The van der Waals surface area contributed by atoms with Gasteiger partial charge < -0.3 is 9.57 Å². The van der Waals surface area contributed by atoms with E-state index < -0.39 is 0 Å². The number of hydrogen-bond donors (Lipinski definition) is 0. The van der Waals surface area contributed by atoms with Crippen molar-refractivity contribution in [3.8, 4) is 11.8 Å². The third-order valence-electron chi connectivity index (χ3n) is 2.59. The maximum atomic E-state index is 9.15. The van der Waals surface area contributed by atoms with Gasteiger partial charge in [-0.1, -0.05) is 41.9 Å². The molecule has 0 amide bonds. The highest BCUT2D eigenvalue weighted by atomic mass is 35.5. The SMILES string of the molecule is C1=NO1.N#CC(COc1cccnc1Cl)c1ccccc1. The third-order valence-corrected chi connectivity index (χ3v) is 2.88. The van der Waals surface area contributed by atoms with E-state index in [2.05, 4.69) is 21.0 Å². The van der Waals surface area contributed by atoms with E-state index >= 15 is 0 Å². The first-order valence-electron chi connectivity index (χ1n) is 6.17. The van der Waals surface area contributed by atoms with E-state index in [1.165, 1.54) is 6.40 Å². The molecule has 1 aromatic carbocycles. The van der Waals surface area contributed by atoms with Gasteiger partial charge in [-0.25, -0.2) is 4.98 Å². The number of ether oxygens (including phenoxy) is 1. The van der Waals surface area contributed by atoms with E-state index in [1.807, 2.05) is 30.3 Å². The predicted molar refractivity (Wildman–Crippen MR) is 79.1 cm³/mol. The molecule has 6 heteroatoms. The molecule has 0 N–H and O–H groups in total. The molecule has 2 heterocycles. The lowest BCUT2D eigenvalue weighted by Crippen LogP contribution is -2.08. The Balaban J connectivity index is 0.000000477. The molecule has 0 bridgehead atoms. The van der Waals surface area contributed by atoms with Gasteiger partial charge in [-0.15, -0.1) is 0 Å². The van der Waals surface area contributed by atoms with Crippen LogP contribution < -0.4 is 4.74 Å². The van der Waals surface area contributed by atoms with E-state index in [0.29, 0.717) is 10.9 Å². The van der Waals surface area contributed by atoms with Crippen LogP contribution >= 0.6 is 11.6 Å². The molecule has 1 unspecified atom stereocenters. The average Bonchev–Trinajstić information content (AvgIpc) is 3.39. The van der Waals surface area contributed by atoms with Gasteiger partial charge in [0.1, 0.15) is 12.5 Å². The number of hydrogen-bond acceptors (Lipinski definition) is 5. The first-order valence-corrected chi connectivity index (χ1v) is 6.54. The van der Waals surface area contributed by atoms with Crippen LogP contribution in [0.2, 0.25) is 5.15 Å². The smallest absolute Gasteiger partial charge is 0.249 e. The predicted octanol–water partition coefficient (Wildman–Crippen LogP) is 3.38. The molecule has 1 atom stereocenters. The summed E-state index contributed by atoms with van der Waals surface area (Å²) in [4.78, 5) is 7.91. The van der Waals surface area contributed by atoms with E-state index in [-0.39, 0.29) is 12.5 Å². The van der Waals surface area contributed by atoms with Crippen LogP contribution in [-0.2, 0) is 4.84 Å². The van der Waals surface area contributed by atoms with Crippen LogP contribution in [-0.4, -0.2) is 18.0 Å². The summed E-state index contributed by atoms with van der Waals surface area (Å²) >= 11 is 5.88. The zero-order valence-electron chi connectivity index (χ0n) is 11.0. The van der Waals surface area contributed by atoms with Crippen molar-refractivity contribution in [2.45, 2.75) is 5.92 Å². The zero-order valence-corrected chi connectivity index (χ0v) is 11.8. The number of halogens is 1. The van der Waals surface area contributed by atoms with E-state index in [1.54, 1.807) is 18.3 Å². The van der Waals surface area contributed by atoms with Gasteiger partial charge in [0.05, 0.1) is 6.07 Å². The number of nitrogens with zero attached hydrogens (tertiary/aromatic N) is 3. The first-order chi connectivity index (χ1) is 10.3. The Morgan fingerprint density at radius 1 is 1.24 bits per heavy atom. The summed E-state index contributed by atoms with van der Waals surface area (Å²) in [6.07, 6.45) is 2.97. The van der Waals surface area contributed by atoms with Crippen molar-refractivity contribution in [1.82, 2.24) is 4.98 Å². The summed E-state index contributed by atoms with van der Waals surface area (Å²) in [6, 6.07) is 15.2. The second-order valence-corrected chi connectivity index (χ2v) is 4.37. The van der Waals surface area contributed by atoms with Crippen molar-refractivity contribution in [3.63, 3.8) is 0 Å². The normalized spacial score (nSPS) is 12.2. The summed E-state index contributed by atoms with van der Waals surface area (Å²) < 4.78 is 5.53. The van der Waals surface area contributed by atoms with Crippen molar-refractivity contribution in [3.05, 3.63) is 59.4 Å². The first kappa shape index (κ1) is 14.8. The molecule has 1 aliphatic heterocycles. The van der Waals surface area contributed by atoms with Gasteiger partial charge in [-0.2, -0.15) is 5.26 Å². The quantitative estimate of drug-likeness (QED) is 0.812. The Bertz CT molecular complexity index is 637. The monoisotopic (exact) mass is 301 g/mol. The number of rotatable bonds is 4. The number of pyridine rings is 1.